The summed E-state index contributed by atoms with van der Waals surface area (Å²) in [4.78, 5) is 4.37. The van der Waals surface area contributed by atoms with Crippen molar-refractivity contribution in [3.8, 4) is 0 Å². The number of fused-ring (bicyclic) bond motifs is 1. The molecule has 1 aliphatic carbocycles. The number of benzene rings is 1. The van der Waals surface area contributed by atoms with E-state index in [0.717, 1.165) is 21.8 Å². The Kier molecular flexibility index (Phi) is 3.13. The molecule has 1 heterocycles. The normalized spacial score (nSPS) is 23.4. The maximum absolute atomic E-state index is 6.00. The molecule has 0 amide bonds. The van der Waals surface area contributed by atoms with Gasteiger partial charge in [0.1, 0.15) is 0 Å². The zero-order valence-corrected chi connectivity index (χ0v) is 11.2. The van der Waals surface area contributed by atoms with Crippen molar-refractivity contribution in [2.45, 2.75) is 32.2 Å². The SMILES string of the molecule is CC1CCC(Nc2ccnc3cc(Cl)ccc23)C1. The van der Waals surface area contributed by atoms with Gasteiger partial charge < -0.3 is 5.32 Å². The lowest BCUT2D eigenvalue weighted by Crippen LogP contribution is -2.15. The summed E-state index contributed by atoms with van der Waals surface area (Å²) in [7, 11) is 0. The Morgan fingerprint density at radius 2 is 2.17 bits per heavy atom. The Labute approximate surface area is 112 Å². The zero-order valence-electron chi connectivity index (χ0n) is 10.5. The summed E-state index contributed by atoms with van der Waals surface area (Å²) >= 11 is 6.00. The highest BCUT2D eigenvalue weighted by molar-refractivity contribution is 6.31. The van der Waals surface area contributed by atoms with Crippen LogP contribution in [0, 0.1) is 5.92 Å². The van der Waals surface area contributed by atoms with Gasteiger partial charge in [-0.3, -0.25) is 4.98 Å². The fourth-order valence-electron chi connectivity index (χ4n) is 2.81. The molecule has 2 aromatic rings. The van der Waals surface area contributed by atoms with Crippen LogP contribution in [0.5, 0.6) is 0 Å². The van der Waals surface area contributed by atoms with Crippen LogP contribution in [-0.4, -0.2) is 11.0 Å². The van der Waals surface area contributed by atoms with Crippen molar-refractivity contribution in [2.75, 3.05) is 5.32 Å². The van der Waals surface area contributed by atoms with Gasteiger partial charge >= 0.3 is 0 Å². The monoisotopic (exact) mass is 260 g/mol. The molecule has 0 bridgehead atoms. The number of rotatable bonds is 2. The van der Waals surface area contributed by atoms with Crippen LogP contribution >= 0.6 is 11.6 Å². The van der Waals surface area contributed by atoms with Crippen LogP contribution in [0.2, 0.25) is 5.02 Å². The molecule has 1 fully saturated rings. The van der Waals surface area contributed by atoms with Crippen LogP contribution in [0.1, 0.15) is 26.2 Å². The summed E-state index contributed by atoms with van der Waals surface area (Å²) in [6.45, 7) is 2.33. The van der Waals surface area contributed by atoms with E-state index in [2.05, 4.69) is 23.3 Å². The molecule has 0 saturated heterocycles. The first-order valence-corrected chi connectivity index (χ1v) is 6.91. The molecule has 0 aliphatic heterocycles. The van der Waals surface area contributed by atoms with E-state index in [9.17, 15) is 0 Å². The van der Waals surface area contributed by atoms with Gasteiger partial charge in [0, 0.05) is 28.3 Å². The fraction of sp³-hybridized carbons (Fsp3) is 0.400. The number of hydrogen-bond acceptors (Lipinski definition) is 2. The third kappa shape index (κ3) is 2.30. The number of nitrogens with one attached hydrogen (secondary N) is 1. The Hall–Kier alpha value is -1.28. The Morgan fingerprint density at radius 3 is 2.94 bits per heavy atom. The highest BCUT2D eigenvalue weighted by Gasteiger charge is 2.21. The lowest BCUT2D eigenvalue weighted by atomic mass is 10.1. The van der Waals surface area contributed by atoms with Crippen molar-refractivity contribution < 1.29 is 0 Å². The molecular formula is C15H17ClN2. The molecule has 3 heteroatoms. The van der Waals surface area contributed by atoms with Crippen LogP contribution < -0.4 is 5.32 Å². The maximum Gasteiger partial charge on any atom is 0.0737 e. The summed E-state index contributed by atoms with van der Waals surface area (Å²) in [5, 5.41) is 5.54. The number of aromatic nitrogens is 1. The standard InChI is InChI=1S/C15H17ClN2/c1-10-2-4-12(8-10)18-14-6-7-17-15-9-11(16)3-5-13(14)15/h3,5-7,9-10,12H,2,4,8H2,1H3,(H,17,18). The molecule has 2 nitrogen and oxygen atoms in total. The van der Waals surface area contributed by atoms with Crippen molar-refractivity contribution in [1.82, 2.24) is 4.98 Å². The van der Waals surface area contributed by atoms with Crippen molar-refractivity contribution in [3.63, 3.8) is 0 Å². The first kappa shape index (κ1) is 11.8. The second-order valence-electron chi connectivity index (χ2n) is 5.28. The quantitative estimate of drug-likeness (QED) is 0.861. The third-order valence-corrected chi connectivity index (χ3v) is 3.99. The van der Waals surface area contributed by atoms with Gasteiger partial charge in [-0.1, -0.05) is 18.5 Å². The van der Waals surface area contributed by atoms with Gasteiger partial charge in [0.15, 0.2) is 0 Å². The Morgan fingerprint density at radius 1 is 1.28 bits per heavy atom. The summed E-state index contributed by atoms with van der Waals surface area (Å²) in [5.74, 6) is 0.838. The van der Waals surface area contributed by atoms with E-state index in [1.54, 1.807) is 0 Å². The molecule has 1 aromatic carbocycles. The minimum absolute atomic E-state index is 0.598. The summed E-state index contributed by atoms with van der Waals surface area (Å²) in [5.41, 5.74) is 2.13. The van der Waals surface area contributed by atoms with Gasteiger partial charge in [-0.05, 0) is 49.4 Å². The number of anilines is 1. The fourth-order valence-corrected chi connectivity index (χ4v) is 2.97. The Bertz CT molecular complexity index is 567. The molecule has 0 radical (unpaired) electrons. The van der Waals surface area contributed by atoms with Gasteiger partial charge in [-0.2, -0.15) is 0 Å². The molecule has 2 atom stereocenters. The van der Waals surface area contributed by atoms with Crippen LogP contribution in [0.4, 0.5) is 5.69 Å². The first-order valence-electron chi connectivity index (χ1n) is 6.53. The number of hydrogen-bond donors (Lipinski definition) is 1. The van der Waals surface area contributed by atoms with E-state index in [-0.39, 0.29) is 0 Å². The highest BCUT2D eigenvalue weighted by atomic mass is 35.5. The van der Waals surface area contributed by atoms with Gasteiger partial charge in [0.05, 0.1) is 5.52 Å². The van der Waals surface area contributed by atoms with E-state index in [4.69, 9.17) is 11.6 Å². The average Bonchev–Trinajstić information content (AvgIpc) is 2.75. The van der Waals surface area contributed by atoms with Gasteiger partial charge in [0.2, 0.25) is 0 Å². The molecule has 18 heavy (non-hydrogen) atoms. The van der Waals surface area contributed by atoms with Crippen molar-refractivity contribution >= 4 is 28.2 Å². The molecule has 1 N–H and O–H groups in total. The predicted octanol–water partition coefficient (Wildman–Crippen LogP) is 4.49. The van der Waals surface area contributed by atoms with E-state index in [1.165, 1.54) is 24.9 Å². The summed E-state index contributed by atoms with van der Waals surface area (Å²) in [6, 6.07) is 8.54. The molecule has 1 saturated carbocycles. The zero-order chi connectivity index (χ0) is 12.5. The molecule has 94 valence electrons. The van der Waals surface area contributed by atoms with Crippen LogP contribution in [0.3, 0.4) is 0 Å². The maximum atomic E-state index is 6.00. The van der Waals surface area contributed by atoms with Crippen molar-refractivity contribution in [1.29, 1.82) is 0 Å². The largest absolute Gasteiger partial charge is 0.382 e. The summed E-state index contributed by atoms with van der Waals surface area (Å²) in [6.07, 6.45) is 5.70. The second kappa shape index (κ2) is 4.77. The highest BCUT2D eigenvalue weighted by Crippen LogP contribution is 2.30. The minimum Gasteiger partial charge on any atom is -0.382 e. The van der Waals surface area contributed by atoms with E-state index in [1.807, 2.05) is 24.4 Å². The lowest BCUT2D eigenvalue weighted by molar-refractivity contribution is 0.603. The van der Waals surface area contributed by atoms with Gasteiger partial charge in [-0.15, -0.1) is 0 Å². The average molecular weight is 261 g/mol. The molecule has 2 unspecified atom stereocenters. The Balaban J connectivity index is 1.92. The van der Waals surface area contributed by atoms with Gasteiger partial charge in [0.25, 0.3) is 0 Å². The van der Waals surface area contributed by atoms with E-state index in [0.29, 0.717) is 6.04 Å². The van der Waals surface area contributed by atoms with Crippen LogP contribution in [0.25, 0.3) is 10.9 Å². The number of nitrogens with zero attached hydrogens (tertiary/aromatic N) is 1. The van der Waals surface area contributed by atoms with Crippen LogP contribution in [-0.2, 0) is 0 Å². The van der Waals surface area contributed by atoms with E-state index < -0.39 is 0 Å². The topological polar surface area (TPSA) is 24.9 Å². The van der Waals surface area contributed by atoms with Crippen LogP contribution in [0.15, 0.2) is 30.5 Å². The van der Waals surface area contributed by atoms with Gasteiger partial charge in [-0.25, -0.2) is 0 Å². The second-order valence-corrected chi connectivity index (χ2v) is 5.72. The minimum atomic E-state index is 0.598. The lowest BCUT2D eigenvalue weighted by Gasteiger charge is -2.15. The van der Waals surface area contributed by atoms with Crippen molar-refractivity contribution in [3.05, 3.63) is 35.5 Å². The summed E-state index contributed by atoms with van der Waals surface area (Å²) < 4.78 is 0. The number of halogens is 1. The third-order valence-electron chi connectivity index (χ3n) is 3.76. The molecular weight excluding hydrogens is 244 g/mol. The number of pyridine rings is 1. The molecule has 1 aliphatic rings. The molecule has 0 spiro atoms. The van der Waals surface area contributed by atoms with Crippen molar-refractivity contribution in [2.24, 2.45) is 5.92 Å². The molecule has 3 rings (SSSR count). The molecule has 1 aromatic heterocycles. The predicted molar refractivity (Wildman–Crippen MR) is 77.2 cm³/mol. The first-order chi connectivity index (χ1) is 8.72. The smallest absolute Gasteiger partial charge is 0.0737 e. The van der Waals surface area contributed by atoms with E-state index >= 15 is 0 Å².